The summed E-state index contributed by atoms with van der Waals surface area (Å²) in [6.07, 6.45) is 3.68. The molecule has 36 heavy (non-hydrogen) atoms. The van der Waals surface area contributed by atoms with Crippen LogP contribution in [0.25, 0.3) is 22.5 Å². The summed E-state index contributed by atoms with van der Waals surface area (Å²) in [6.45, 7) is 0. The van der Waals surface area contributed by atoms with Crippen molar-refractivity contribution in [3.8, 4) is 0 Å². The van der Waals surface area contributed by atoms with Crippen LogP contribution in [-0.2, 0) is 6.42 Å². The van der Waals surface area contributed by atoms with Crippen LogP contribution in [0.15, 0.2) is 106 Å². The lowest BCUT2D eigenvalue weighted by molar-refractivity contribution is 0.581. The molecule has 2 heterocycles. The van der Waals surface area contributed by atoms with Gasteiger partial charge in [0.25, 0.3) is 5.56 Å². The first-order chi connectivity index (χ1) is 17.7. The molecule has 3 nitrogen and oxygen atoms in total. The van der Waals surface area contributed by atoms with E-state index in [4.69, 9.17) is 4.99 Å². The van der Waals surface area contributed by atoms with Crippen LogP contribution < -0.4 is 14.9 Å². The number of rotatable bonds is 2. The van der Waals surface area contributed by atoms with Gasteiger partial charge in [-0.2, -0.15) is 0 Å². The molecule has 1 aromatic heterocycles. The molecule has 5 aromatic rings. The summed E-state index contributed by atoms with van der Waals surface area (Å²) in [7, 11) is 0. The molecule has 1 unspecified atom stereocenters. The maximum Gasteiger partial charge on any atom is 0.271 e. The molecule has 0 bridgehead atoms. The zero-order valence-electron chi connectivity index (χ0n) is 19.3. The number of fused-ring (bicyclic) bond motifs is 4. The Morgan fingerprint density at radius 1 is 0.889 bits per heavy atom. The Hall–Kier alpha value is -4.09. The summed E-state index contributed by atoms with van der Waals surface area (Å²) in [5.41, 5.74) is 6.30. The van der Waals surface area contributed by atoms with Gasteiger partial charge in [0.2, 0.25) is 0 Å². The Bertz CT molecular complexity index is 1870. The molecule has 0 fully saturated rings. The van der Waals surface area contributed by atoms with Crippen molar-refractivity contribution in [3.05, 3.63) is 144 Å². The van der Waals surface area contributed by atoms with Crippen molar-refractivity contribution in [1.29, 1.82) is 0 Å². The topological polar surface area (TPSA) is 34.4 Å². The van der Waals surface area contributed by atoms with Gasteiger partial charge in [-0.3, -0.25) is 9.36 Å². The lowest BCUT2D eigenvalue weighted by atomic mass is 9.83. The van der Waals surface area contributed by atoms with Crippen LogP contribution in [0, 0.1) is 5.82 Å². The molecule has 174 valence electrons. The summed E-state index contributed by atoms with van der Waals surface area (Å²) < 4.78 is 16.3. The van der Waals surface area contributed by atoms with Crippen LogP contribution in [0.4, 0.5) is 4.39 Å². The monoisotopic (exact) mass is 488 g/mol. The molecule has 0 radical (unpaired) electrons. The van der Waals surface area contributed by atoms with Gasteiger partial charge in [-0.05, 0) is 64.1 Å². The molecule has 4 aromatic carbocycles. The third-order valence-corrected chi connectivity index (χ3v) is 8.15. The highest BCUT2D eigenvalue weighted by Crippen LogP contribution is 2.41. The van der Waals surface area contributed by atoms with Gasteiger partial charge < -0.3 is 0 Å². The van der Waals surface area contributed by atoms with Crippen molar-refractivity contribution in [2.45, 2.75) is 18.9 Å². The number of halogens is 1. The van der Waals surface area contributed by atoms with Crippen LogP contribution in [0.1, 0.15) is 34.7 Å². The predicted octanol–water partition coefficient (Wildman–Crippen LogP) is 5.61. The fraction of sp³-hybridized carbons (Fsp3) is 0.0968. The van der Waals surface area contributed by atoms with E-state index in [0.717, 1.165) is 51.6 Å². The average Bonchev–Trinajstić information content (AvgIpc) is 3.22. The number of benzene rings is 4. The molecule has 1 aliphatic carbocycles. The van der Waals surface area contributed by atoms with E-state index in [1.54, 1.807) is 12.1 Å². The highest BCUT2D eigenvalue weighted by Gasteiger charge is 2.32. The predicted molar refractivity (Wildman–Crippen MR) is 143 cm³/mol. The van der Waals surface area contributed by atoms with E-state index in [9.17, 15) is 9.18 Å². The maximum absolute atomic E-state index is 13.9. The Labute approximate surface area is 210 Å². The zero-order chi connectivity index (χ0) is 24.2. The van der Waals surface area contributed by atoms with Gasteiger partial charge in [-0.1, -0.05) is 90.2 Å². The quantitative estimate of drug-likeness (QED) is 0.318. The number of hydrogen-bond acceptors (Lipinski definition) is 3. The smallest absolute Gasteiger partial charge is 0.271 e. The van der Waals surface area contributed by atoms with E-state index >= 15 is 0 Å². The first kappa shape index (κ1) is 21.2. The SMILES string of the molecule is O=c1/c(=C/c2cccc3ccccc23)sc2n1C(c1ccc(F)cc1)C1=C(N=2)c2ccccc2CC1. The lowest BCUT2D eigenvalue weighted by Gasteiger charge is -2.30. The average molecular weight is 489 g/mol. The Morgan fingerprint density at radius 2 is 1.67 bits per heavy atom. The van der Waals surface area contributed by atoms with Crippen LogP contribution in [0.3, 0.4) is 0 Å². The van der Waals surface area contributed by atoms with E-state index in [0.29, 0.717) is 9.33 Å². The van der Waals surface area contributed by atoms with Gasteiger partial charge in [0.05, 0.1) is 16.3 Å². The molecule has 1 atom stereocenters. The summed E-state index contributed by atoms with van der Waals surface area (Å²) in [4.78, 5) is 19.6. The van der Waals surface area contributed by atoms with Crippen molar-refractivity contribution in [3.63, 3.8) is 0 Å². The van der Waals surface area contributed by atoms with Gasteiger partial charge in [0.15, 0.2) is 4.80 Å². The molecule has 1 aliphatic heterocycles. The van der Waals surface area contributed by atoms with E-state index in [1.165, 1.54) is 29.0 Å². The largest absolute Gasteiger partial charge is 0.272 e. The van der Waals surface area contributed by atoms with Crippen LogP contribution in [0.5, 0.6) is 0 Å². The third kappa shape index (κ3) is 3.31. The second kappa shape index (κ2) is 8.25. The molecule has 0 amide bonds. The van der Waals surface area contributed by atoms with Crippen molar-refractivity contribution in [2.75, 3.05) is 0 Å². The first-order valence-corrected chi connectivity index (χ1v) is 12.9. The molecule has 0 spiro atoms. The normalized spacial score (nSPS) is 16.9. The van der Waals surface area contributed by atoms with Crippen LogP contribution >= 0.6 is 11.3 Å². The third-order valence-electron chi connectivity index (χ3n) is 7.17. The molecule has 5 heteroatoms. The fourth-order valence-corrected chi connectivity index (χ4v) is 6.48. The lowest BCUT2D eigenvalue weighted by Crippen LogP contribution is -2.38. The summed E-state index contributed by atoms with van der Waals surface area (Å²) >= 11 is 1.42. The van der Waals surface area contributed by atoms with Gasteiger partial charge in [0.1, 0.15) is 5.82 Å². The summed E-state index contributed by atoms with van der Waals surface area (Å²) in [5.74, 6) is -0.287. The molecule has 7 rings (SSSR count). The first-order valence-electron chi connectivity index (χ1n) is 12.0. The van der Waals surface area contributed by atoms with Gasteiger partial charge in [-0.25, -0.2) is 9.38 Å². The van der Waals surface area contributed by atoms with E-state index < -0.39 is 0 Å². The second-order valence-corrected chi connectivity index (χ2v) is 10.2. The van der Waals surface area contributed by atoms with E-state index in [-0.39, 0.29) is 17.4 Å². The molecular formula is C31H21FN2OS. The van der Waals surface area contributed by atoms with E-state index in [1.807, 2.05) is 41.0 Å². The Morgan fingerprint density at radius 3 is 2.56 bits per heavy atom. The maximum atomic E-state index is 13.9. The van der Waals surface area contributed by atoms with Crippen molar-refractivity contribution < 1.29 is 4.39 Å². The Kier molecular flexibility index (Phi) is 4.86. The number of thiazole rings is 1. The number of aryl methyl sites for hydroxylation is 1. The van der Waals surface area contributed by atoms with Gasteiger partial charge in [0, 0.05) is 5.56 Å². The van der Waals surface area contributed by atoms with Gasteiger partial charge in [-0.15, -0.1) is 0 Å². The number of nitrogens with zero attached hydrogens (tertiary/aromatic N) is 2. The highest BCUT2D eigenvalue weighted by atomic mass is 32.1. The zero-order valence-corrected chi connectivity index (χ0v) is 20.1. The van der Waals surface area contributed by atoms with Crippen molar-refractivity contribution in [1.82, 2.24) is 4.57 Å². The molecule has 2 aliphatic rings. The molecule has 0 N–H and O–H groups in total. The van der Waals surface area contributed by atoms with Crippen LogP contribution in [-0.4, -0.2) is 4.57 Å². The Balaban J connectivity index is 1.50. The molecule has 0 saturated carbocycles. The van der Waals surface area contributed by atoms with Crippen LogP contribution in [0.2, 0.25) is 0 Å². The summed E-state index contributed by atoms with van der Waals surface area (Å²) in [5, 5.41) is 2.24. The summed E-state index contributed by atoms with van der Waals surface area (Å²) in [6, 6.07) is 28.9. The van der Waals surface area contributed by atoms with Crippen molar-refractivity contribution in [2.24, 2.45) is 4.99 Å². The minimum atomic E-state index is -0.306. The molecular weight excluding hydrogens is 467 g/mol. The standard InChI is InChI=1S/C31H21FN2OS/c32-23-15-12-21(13-16-23)29-26-17-14-20-7-2-4-11-25(20)28(26)33-31-34(29)30(35)27(36-31)18-22-9-5-8-19-6-1-3-10-24(19)22/h1-13,15-16,18,29H,14,17H2/b27-18-. The fourth-order valence-electron chi connectivity index (χ4n) is 5.49. The number of hydrogen-bond donors (Lipinski definition) is 0. The van der Waals surface area contributed by atoms with Gasteiger partial charge >= 0.3 is 0 Å². The molecule has 0 saturated heterocycles. The number of allylic oxidation sites excluding steroid dienone is 1. The number of aromatic nitrogens is 1. The minimum Gasteiger partial charge on any atom is -0.272 e. The highest BCUT2D eigenvalue weighted by molar-refractivity contribution is 7.07. The second-order valence-electron chi connectivity index (χ2n) is 9.23. The van der Waals surface area contributed by atoms with E-state index in [2.05, 4.69) is 36.4 Å². The van der Waals surface area contributed by atoms with Crippen molar-refractivity contribution >= 4 is 33.9 Å². The minimum absolute atomic E-state index is 0.0635.